The summed E-state index contributed by atoms with van der Waals surface area (Å²) in [4.78, 5) is 9.98. The number of rotatable bonds is 3. The molecule has 0 unspecified atom stereocenters. The minimum Gasteiger partial charge on any atom is -0.382 e. The van der Waals surface area contributed by atoms with E-state index in [1.54, 1.807) is 0 Å². The van der Waals surface area contributed by atoms with E-state index in [2.05, 4.69) is 4.74 Å². The summed E-state index contributed by atoms with van der Waals surface area (Å²) in [7, 11) is 1.39. The van der Waals surface area contributed by atoms with Crippen molar-refractivity contribution in [1.29, 1.82) is 0 Å². The van der Waals surface area contributed by atoms with Gasteiger partial charge in [-0.2, -0.15) is 0 Å². The fourth-order valence-electron chi connectivity index (χ4n) is 0.180. The molecule has 3 nitrogen and oxygen atoms in total. The average molecular weight is 103 g/mol. The van der Waals surface area contributed by atoms with Crippen LogP contribution in [0.2, 0.25) is 0 Å². The molecule has 0 atom stereocenters. The fraction of sp³-hybridized carbons (Fsp3) is 0.500. The van der Waals surface area contributed by atoms with Crippen molar-refractivity contribution in [2.24, 2.45) is 0 Å². The maximum Gasteiger partial charge on any atom is 0.189 e. The van der Waals surface area contributed by atoms with Crippen LogP contribution in [0.15, 0.2) is 0 Å². The Hall–Kier alpha value is -0.410. The molecule has 7 heavy (non-hydrogen) atoms. The van der Waals surface area contributed by atoms with Crippen LogP contribution < -0.4 is 0 Å². The summed E-state index contributed by atoms with van der Waals surface area (Å²) >= 11 is 0. The zero-order valence-electron chi connectivity index (χ0n) is 4.05. The predicted octanol–water partition coefficient (Wildman–Crippen LogP) is -0.264. The Kier molecular flexibility index (Phi) is 3.55. The van der Waals surface area contributed by atoms with Gasteiger partial charge in [-0.1, -0.05) is 0 Å². The molecule has 0 rings (SSSR count). The molecule has 0 spiro atoms. The van der Waals surface area contributed by atoms with Crippen LogP contribution in [-0.2, 0) is 9.53 Å². The lowest BCUT2D eigenvalue weighted by Crippen LogP contribution is -2.05. The Morgan fingerprint density at radius 1 is 2.00 bits per heavy atom. The summed E-state index contributed by atoms with van der Waals surface area (Å²) in [6.07, 6.45) is 0. The van der Waals surface area contributed by atoms with Crippen LogP contribution >= 0.6 is 0 Å². The summed E-state index contributed by atoms with van der Waals surface area (Å²) < 4.78 is 4.35. The monoisotopic (exact) mass is 103 g/mol. The molecular formula is C4H7O3. The Balaban J connectivity index is 3.00. The summed E-state index contributed by atoms with van der Waals surface area (Å²) in [5.74, 6) is -0.414. The lowest BCUT2D eigenvalue weighted by molar-refractivity contribution is -0.122. The first kappa shape index (κ1) is 6.59. The number of carbonyl (C=O) groups is 1. The van der Waals surface area contributed by atoms with Crippen LogP contribution in [0.25, 0.3) is 0 Å². The number of ether oxygens (including phenoxy) is 1. The van der Waals surface area contributed by atoms with E-state index in [-0.39, 0.29) is 6.61 Å². The minimum absolute atomic E-state index is 0.0451. The molecule has 41 valence electrons. The van der Waals surface area contributed by atoms with Crippen LogP contribution in [0.4, 0.5) is 0 Å². The standard InChI is InChI=1S/C4H7O3/c1-7-3-4(6)2-5/h2,5H,3H2,1H3. The molecule has 3 heteroatoms. The van der Waals surface area contributed by atoms with E-state index in [9.17, 15) is 4.79 Å². The first-order valence-electron chi connectivity index (χ1n) is 1.80. The quantitative estimate of drug-likeness (QED) is 0.535. The predicted molar refractivity (Wildman–Crippen MR) is 23.1 cm³/mol. The van der Waals surface area contributed by atoms with Gasteiger partial charge in [0.25, 0.3) is 0 Å². The Labute approximate surface area is 41.9 Å². The molecule has 0 amide bonds. The number of hydrogen-bond acceptors (Lipinski definition) is 3. The van der Waals surface area contributed by atoms with Crippen molar-refractivity contribution in [2.75, 3.05) is 13.7 Å². The second-order valence-corrected chi connectivity index (χ2v) is 1.03. The third-order valence-corrected chi connectivity index (χ3v) is 0.431. The van der Waals surface area contributed by atoms with E-state index >= 15 is 0 Å². The number of aliphatic hydroxyl groups excluding tert-OH is 1. The van der Waals surface area contributed by atoms with Crippen molar-refractivity contribution >= 4 is 5.78 Å². The second-order valence-electron chi connectivity index (χ2n) is 1.03. The van der Waals surface area contributed by atoms with Gasteiger partial charge in [0.2, 0.25) is 0 Å². The molecule has 0 aromatic carbocycles. The van der Waals surface area contributed by atoms with Crippen molar-refractivity contribution in [3.63, 3.8) is 0 Å². The summed E-state index contributed by atoms with van der Waals surface area (Å²) in [5, 5.41) is 7.91. The summed E-state index contributed by atoms with van der Waals surface area (Å²) in [5.41, 5.74) is 0. The molecule has 0 fully saturated rings. The molecule has 0 aromatic heterocycles. The highest BCUT2D eigenvalue weighted by molar-refractivity contribution is 5.86. The third kappa shape index (κ3) is 3.42. The zero-order valence-corrected chi connectivity index (χ0v) is 4.05. The number of Topliss-reactive ketones (excluding diaryl/α,β-unsaturated/α-hetero) is 1. The van der Waals surface area contributed by atoms with Crippen LogP contribution in [0.1, 0.15) is 0 Å². The van der Waals surface area contributed by atoms with Crippen molar-refractivity contribution in [3.8, 4) is 0 Å². The number of hydrogen-bond donors (Lipinski definition) is 1. The highest BCUT2D eigenvalue weighted by Gasteiger charge is 1.94. The molecular weight excluding hydrogens is 96.0 g/mol. The van der Waals surface area contributed by atoms with E-state index in [0.29, 0.717) is 6.61 Å². The third-order valence-electron chi connectivity index (χ3n) is 0.431. The number of aliphatic hydroxyl groups is 1. The smallest absolute Gasteiger partial charge is 0.189 e. The van der Waals surface area contributed by atoms with E-state index in [0.717, 1.165) is 0 Å². The highest BCUT2D eigenvalue weighted by Crippen LogP contribution is 1.73. The lowest BCUT2D eigenvalue weighted by Gasteiger charge is -1.88. The maximum absolute atomic E-state index is 9.98. The highest BCUT2D eigenvalue weighted by atomic mass is 16.5. The fourth-order valence-corrected chi connectivity index (χ4v) is 0.180. The normalized spacial score (nSPS) is 8.86. The molecule has 0 aromatic rings. The van der Waals surface area contributed by atoms with Gasteiger partial charge in [0.15, 0.2) is 5.78 Å². The van der Waals surface area contributed by atoms with Gasteiger partial charge in [-0.25, -0.2) is 0 Å². The largest absolute Gasteiger partial charge is 0.382 e. The minimum atomic E-state index is -0.414. The molecule has 0 saturated carbocycles. The van der Waals surface area contributed by atoms with Crippen LogP contribution in [0, 0.1) is 6.61 Å². The molecule has 0 aliphatic rings. The van der Waals surface area contributed by atoms with E-state index in [4.69, 9.17) is 5.11 Å². The number of carbonyl (C=O) groups excluding carboxylic acids is 1. The molecule has 1 N–H and O–H groups in total. The van der Waals surface area contributed by atoms with Crippen LogP contribution in [0.3, 0.4) is 0 Å². The van der Waals surface area contributed by atoms with Crippen LogP contribution in [0.5, 0.6) is 0 Å². The molecule has 0 heterocycles. The van der Waals surface area contributed by atoms with E-state index in [1.165, 1.54) is 7.11 Å². The van der Waals surface area contributed by atoms with Gasteiger partial charge < -0.3 is 9.84 Å². The van der Waals surface area contributed by atoms with Gasteiger partial charge >= 0.3 is 0 Å². The Morgan fingerprint density at radius 3 is 2.71 bits per heavy atom. The lowest BCUT2D eigenvalue weighted by atomic mass is 10.5. The van der Waals surface area contributed by atoms with Crippen molar-refractivity contribution in [3.05, 3.63) is 6.61 Å². The molecule has 0 bridgehead atoms. The maximum atomic E-state index is 9.98. The first-order chi connectivity index (χ1) is 3.31. The zero-order chi connectivity index (χ0) is 5.70. The van der Waals surface area contributed by atoms with Gasteiger partial charge in [0, 0.05) is 7.11 Å². The Morgan fingerprint density at radius 2 is 2.57 bits per heavy atom. The number of ketones is 1. The van der Waals surface area contributed by atoms with Crippen molar-refractivity contribution in [2.45, 2.75) is 0 Å². The molecule has 1 radical (unpaired) electrons. The molecule has 0 saturated heterocycles. The van der Waals surface area contributed by atoms with Crippen LogP contribution in [-0.4, -0.2) is 24.6 Å². The Bertz CT molecular complexity index is 60.0. The molecule has 0 aliphatic heterocycles. The molecule has 0 aliphatic carbocycles. The number of methoxy groups -OCH3 is 1. The van der Waals surface area contributed by atoms with Gasteiger partial charge in [0.1, 0.15) is 13.2 Å². The van der Waals surface area contributed by atoms with Gasteiger partial charge in [-0.05, 0) is 0 Å². The van der Waals surface area contributed by atoms with Gasteiger partial charge in [-0.15, -0.1) is 0 Å². The van der Waals surface area contributed by atoms with Gasteiger partial charge in [0.05, 0.1) is 0 Å². The topological polar surface area (TPSA) is 46.5 Å². The first-order valence-corrected chi connectivity index (χ1v) is 1.80. The van der Waals surface area contributed by atoms with Crippen molar-refractivity contribution in [1.82, 2.24) is 0 Å². The second kappa shape index (κ2) is 3.77. The SMILES string of the molecule is COCC(=O)[CH]O. The summed E-state index contributed by atoms with van der Waals surface area (Å²) in [6, 6.07) is 0. The van der Waals surface area contributed by atoms with E-state index < -0.39 is 5.78 Å². The van der Waals surface area contributed by atoms with Crippen molar-refractivity contribution < 1.29 is 14.6 Å². The summed E-state index contributed by atoms with van der Waals surface area (Å²) in [6.45, 7) is 0.444. The average Bonchev–Trinajstić information content (AvgIpc) is 1.68. The van der Waals surface area contributed by atoms with Gasteiger partial charge in [-0.3, -0.25) is 4.79 Å². The van der Waals surface area contributed by atoms with E-state index in [1.807, 2.05) is 0 Å².